The second kappa shape index (κ2) is 8.44. The number of carboxylic acids is 1. The van der Waals surface area contributed by atoms with Crippen LogP contribution in [0.5, 0.6) is 0 Å². The Kier molecular flexibility index (Phi) is 7.13. The Balaban J connectivity index is 3.15. The number of carbonyl (C=O) groups excluding carboxylic acids is 1. The van der Waals surface area contributed by atoms with Crippen molar-refractivity contribution >= 4 is 22.0 Å². The number of ether oxygens (including phenoxy) is 1. The zero-order valence-corrected chi connectivity index (χ0v) is 15.9. The normalized spacial score (nSPS) is 12.9. The summed E-state index contributed by atoms with van der Waals surface area (Å²) in [7, 11) is -2.75. The molecule has 0 saturated carbocycles. The van der Waals surface area contributed by atoms with Crippen molar-refractivity contribution in [2.24, 2.45) is 11.8 Å². The number of carbonyl (C=O) groups is 2. The summed E-state index contributed by atoms with van der Waals surface area (Å²) in [5, 5.41) is 9.24. The molecule has 140 valence electrons. The van der Waals surface area contributed by atoms with Gasteiger partial charge in [-0.25, -0.2) is 17.9 Å². The zero-order chi connectivity index (χ0) is 19.4. The molecule has 0 aliphatic carbocycles. The van der Waals surface area contributed by atoms with Crippen LogP contribution < -0.4 is 4.72 Å². The van der Waals surface area contributed by atoms with Gasteiger partial charge in [-0.2, -0.15) is 0 Å². The lowest BCUT2D eigenvalue weighted by molar-refractivity contribution is -0.142. The van der Waals surface area contributed by atoms with E-state index in [0.717, 1.165) is 0 Å². The summed E-state index contributed by atoms with van der Waals surface area (Å²) in [5.41, 5.74) is 1.25. The number of nitrogens with one attached hydrogen (secondary N) is 1. The third kappa shape index (κ3) is 5.54. The van der Waals surface area contributed by atoms with Crippen LogP contribution in [0.15, 0.2) is 17.0 Å². The highest BCUT2D eigenvalue weighted by Crippen LogP contribution is 2.22. The van der Waals surface area contributed by atoms with E-state index >= 15 is 0 Å². The van der Waals surface area contributed by atoms with Gasteiger partial charge in [-0.1, -0.05) is 13.8 Å². The third-order valence-corrected chi connectivity index (χ3v) is 5.51. The van der Waals surface area contributed by atoms with Crippen molar-refractivity contribution in [2.75, 3.05) is 13.7 Å². The molecule has 2 N–H and O–H groups in total. The fourth-order valence-electron chi connectivity index (χ4n) is 2.47. The first-order valence-corrected chi connectivity index (χ1v) is 9.40. The summed E-state index contributed by atoms with van der Waals surface area (Å²) in [5.74, 6) is -2.38. The fourth-order valence-corrected chi connectivity index (χ4v) is 3.89. The number of methoxy groups -OCH3 is 1. The molecule has 25 heavy (non-hydrogen) atoms. The maximum absolute atomic E-state index is 12.6. The van der Waals surface area contributed by atoms with E-state index in [4.69, 9.17) is 0 Å². The first-order valence-electron chi connectivity index (χ1n) is 7.91. The van der Waals surface area contributed by atoms with Crippen molar-refractivity contribution in [3.8, 4) is 0 Å². The third-order valence-electron chi connectivity index (χ3n) is 3.96. The molecule has 0 bridgehead atoms. The molecule has 0 heterocycles. The standard InChI is InChI=1S/C17H25NO6S/c1-10(2)6-14(16(19)20)9-18-25(22,23)15-8-13(17(21)24-5)7-11(3)12(15)4/h7-8,10,14,18H,6,9H2,1-5H3,(H,19,20). The second-order valence-electron chi connectivity index (χ2n) is 6.42. The Morgan fingerprint density at radius 3 is 2.32 bits per heavy atom. The predicted octanol–water partition coefficient (Wildman–Crippen LogP) is 2.12. The summed E-state index contributed by atoms with van der Waals surface area (Å²) >= 11 is 0. The number of hydrogen-bond donors (Lipinski definition) is 2. The summed E-state index contributed by atoms with van der Waals surface area (Å²) in [4.78, 5) is 23.0. The number of esters is 1. The lowest BCUT2D eigenvalue weighted by Gasteiger charge is -2.17. The smallest absolute Gasteiger partial charge is 0.337 e. The van der Waals surface area contributed by atoms with E-state index in [2.05, 4.69) is 9.46 Å². The van der Waals surface area contributed by atoms with Crippen LogP contribution in [0, 0.1) is 25.7 Å². The minimum atomic E-state index is -3.96. The van der Waals surface area contributed by atoms with Gasteiger partial charge in [-0.3, -0.25) is 4.79 Å². The van der Waals surface area contributed by atoms with Gasteiger partial charge in [0, 0.05) is 6.54 Å². The van der Waals surface area contributed by atoms with Gasteiger partial charge < -0.3 is 9.84 Å². The molecule has 1 unspecified atom stereocenters. The molecular weight excluding hydrogens is 346 g/mol. The van der Waals surface area contributed by atoms with Crippen molar-refractivity contribution in [3.63, 3.8) is 0 Å². The van der Waals surface area contributed by atoms with E-state index in [0.29, 0.717) is 17.5 Å². The van der Waals surface area contributed by atoms with Crippen molar-refractivity contribution in [2.45, 2.75) is 39.0 Å². The largest absolute Gasteiger partial charge is 0.481 e. The fraction of sp³-hybridized carbons (Fsp3) is 0.529. The summed E-state index contributed by atoms with van der Waals surface area (Å²) < 4.78 is 32.2. The average molecular weight is 371 g/mol. The van der Waals surface area contributed by atoms with E-state index in [1.807, 2.05) is 13.8 Å². The minimum Gasteiger partial charge on any atom is -0.481 e. The van der Waals surface area contributed by atoms with Gasteiger partial charge in [-0.15, -0.1) is 0 Å². The quantitative estimate of drug-likeness (QED) is 0.677. The number of carboxylic acid groups (broad SMARTS) is 1. The average Bonchev–Trinajstić information content (AvgIpc) is 2.52. The van der Waals surface area contributed by atoms with Crippen LogP contribution in [0.3, 0.4) is 0 Å². The van der Waals surface area contributed by atoms with Gasteiger partial charge in [0.05, 0.1) is 23.5 Å². The zero-order valence-electron chi connectivity index (χ0n) is 15.1. The minimum absolute atomic E-state index is 0.0541. The number of benzene rings is 1. The molecule has 1 atom stereocenters. The number of rotatable bonds is 8. The number of sulfonamides is 1. The van der Waals surface area contributed by atoms with Crippen LogP contribution in [-0.4, -0.2) is 39.1 Å². The van der Waals surface area contributed by atoms with Crippen molar-refractivity contribution in [1.29, 1.82) is 0 Å². The Labute approximate surface area is 148 Å². The molecule has 1 aromatic rings. The predicted molar refractivity (Wildman–Crippen MR) is 93.0 cm³/mol. The van der Waals surface area contributed by atoms with Crippen LogP contribution in [0.1, 0.15) is 41.8 Å². The van der Waals surface area contributed by atoms with Crippen molar-refractivity contribution in [3.05, 3.63) is 28.8 Å². The summed E-state index contributed by atoms with van der Waals surface area (Å²) in [6.45, 7) is 6.86. The second-order valence-corrected chi connectivity index (χ2v) is 8.16. The molecule has 0 spiro atoms. The lowest BCUT2D eigenvalue weighted by Crippen LogP contribution is -2.34. The number of hydrogen-bond acceptors (Lipinski definition) is 5. The molecule has 0 fully saturated rings. The van der Waals surface area contributed by atoms with E-state index in [-0.39, 0.29) is 22.9 Å². The highest BCUT2D eigenvalue weighted by molar-refractivity contribution is 7.89. The van der Waals surface area contributed by atoms with Crippen LogP contribution >= 0.6 is 0 Å². The Hall–Kier alpha value is -1.93. The molecule has 0 aliphatic heterocycles. The van der Waals surface area contributed by atoms with E-state index in [1.54, 1.807) is 19.9 Å². The molecule has 0 radical (unpaired) electrons. The summed E-state index contributed by atoms with van der Waals surface area (Å²) in [6, 6.07) is 2.80. The van der Waals surface area contributed by atoms with Gasteiger partial charge in [0.1, 0.15) is 0 Å². The Morgan fingerprint density at radius 2 is 1.84 bits per heavy atom. The van der Waals surface area contributed by atoms with Gasteiger partial charge in [0.15, 0.2) is 0 Å². The molecule has 1 rings (SSSR count). The van der Waals surface area contributed by atoms with Gasteiger partial charge in [0.25, 0.3) is 0 Å². The molecule has 1 aromatic carbocycles. The molecule has 0 saturated heterocycles. The van der Waals surface area contributed by atoms with Crippen LogP contribution in [-0.2, 0) is 19.6 Å². The summed E-state index contributed by atoms with van der Waals surface area (Å²) in [6.07, 6.45) is 0.359. The topological polar surface area (TPSA) is 110 Å². The van der Waals surface area contributed by atoms with Gasteiger partial charge >= 0.3 is 11.9 Å². The highest BCUT2D eigenvalue weighted by Gasteiger charge is 2.25. The van der Waals surface area contributed by atoms with Crippen LogP contribution in [0.25, 0.3) is 0 Å². The molecule has 8 heteroatoms. The maximum Gasteiger partial charge on any atom is 0.337 e. The SMILES string of the molecule is COC(=O)c1cc(C)c(C)c(S(=O)(=O)NCC(CC(C)C)C(=O)O)c1. The van der Waals surface area contributed by atoms with Crippen molar-refractivity contribution < 1.29 is 27.9 Å². The lowest BCUT2D eigenvalue weighted by atomic mass is 9.98. The number of aliphatic carboxylic acids is 1. The van der Waals surface area contributed by atoms with Gasteiger partial charge in [0.2, 0.25) is 10.0 Å². The van der Waals surface area contributed by atoms with E-state index in [9.17, 15) is 23.1 Å². The molecule has 0 amide bonds. The van der Waals surface area contributed by atoms with E-state index in [1.165, 1.54) is 13.2 Å². The molecule has 7 nitrogen and oxygen atoms in total. The number of aryl methyl sites for hydroxylation is 1. The van der Waals surface area contributed by atoms with E-state index < -0.39 is 27.9 Å². The maximum atomic E-state index is 12.6. The van der Waals surface area contributed by atoms with Crippen LogP contribution in [0.4, 0.5) is 0 Å². The van der Waals surface area contributed by atoms with Crippen molar-refractivity contribution in [1.82, 2.24) is 4.72 Å². The highest BCUT2D eigenvalue weighted by atomic mass is 32.2. The molecule has 0 aliphatic rings. The Morgan fingerprint density at radius 1 is 1.24 bits per heavy atom. The first-order chi connectivity index (χ1) is 11.5. The molecular formula is C17H25NO6S. The van der Waals surface area contributed by atoms with Gasteiger partial charge in [-0.05, 0) is 49.4 Å². The Bertz CT molecular complexity index is 755. The monoisotopic (exact) mass is 371 g/mol. The van der Waals surface area contributed by atoms with Crippen LogP contribution in [0.2, 0.25) is 0 Å². The molecule has 0 aromatic heterocycles. The first kappa shape index (κ1) is 21.1.